The van der Waals surface area contributed by atoms with Crippen molar-refractivity contribution in [2.24, 2.45) is 0 Å². The maximum atomic E-state index is 14.2. The third-order valence-electron chi connectivity index (χ3n) is 8.21. The van der Waals surface area contributed by atoms with Gasteiger partial charge in [-0.15, -0.1) is 0 Å². The van der Waals surface area contributed by atoms with Crippen LogP contribution in [0.15, 0.2) is 66.7 Å². The van der Waals surface area contributed by atoms with Gasteiger partial charge in [-0.2, -0.15) is 0 Å². The molecule has 1 saturated heterocycles. The van der Waals surface area contributed by atoms with Crippen LogP contribution in [-0.2, 0) is 21.5 Å². The number of aromatic nitrogens is 1. The lowest BCUT2D eigenvalue weighted by atomic mass is 9.76. The molecule has 0 spiro atoms. The van der Waals surface area contributed by atoms with E-state index in [0.29, 0.717) is 31.0 Å². The molecule has 0 aliphatic carbocycles. The Balaban J connectivity index is 1.46. The summed E-state index contributed by atoms with van der Waals surface area (Å²) in [5.74, 6) is 0.429. The highest BCUT2D eigenvalue weighted by Gasteiger charge is 2.56. The zero-order valence-electron chi connectivity index (χ0n) is 22.2. The summed E-state index contributed by atoms with van der Waals surface area (Å²) in [7, 11) is 3.21. The number of ether oxygens (including phenoxy) is 2. The Morgan fingerprint density at radius 2 is 1.77 bits per heavy atom. The standard InChI is InChI=1S/C31H30FN3O4/c1-31-29-27(22-7-4-5-9-24(22)33-29)23(21-8-6-10-25(38-2)28(21)39-3)17-35(31)26(36)18-34(30(31)37)16-15-19-11-13-20(32)14-12-19/h4-14,23,33H,15-18H2,1-3H3/t23-,31+/m1/s1. The molecular weight excluding hydrogens is 497 g/mol. The number of hydrogen-bond acceptors (Lipinski definition) is 4. The van der Waals surface area contributed by atoms with E-state index >= 15 is 0 Å². The largest absolute Gasteiger partial charge is 0.493 e. The van der Waals surface area contributed by atoms with Gasteiger partial charge in [-0.25, -0.2) is 4.39 Å². The van der Waals surface area contributed by atoms with Gasteiger partial charge in [0.1, 0.15) is 5.82 Å². The van der Waals surface area contributed by atoms with Crippen LogP contribution in [0.2, 0.25) is 0 Å². The predicted molar refractivity (Wildman–Crippen MR) is 145 cm³/mol. The second kappa shape index (κ2) is 9.45. The van der Waals surface area contributed by atoms with Crippen molar-refractivity contribution in [2.75, 3.05) is 33.9 Å². The molecule has 0 unspecified atom stereocenters. The quantitative estimate of drug-likeness (QED) is 0.398. The molecule has 1 aromatic heterocycles. The number of rotatable bonds is 6. The third kappa shape index (κ3) is 3.85. The van der Waals surface area contributed by atoms with Crippen LogP contribution in [0.4, 0.5) is 4.39 Å². The van der Waals surface area contributed by atoms with Crippen LogP contribution in [0.5, 0.6) is 11.5 Å². The number of nitrogens with zero attached hydrogens (tertiary/aromatic N) is 2. The summed E-state index contributed by atoms with van der Waals surface area (Å²) in [6.07, 6.45) is 0.526. The predicted octanol–water partition coefficient (Wildman–Crippen LogP) is 4.60. The summed E-state index contributed by atoms with van der Waals surface area (Å²) < 4.78 is 24.7. The molecule has 4 aromatic rings. The first-order valence-electron chi connectivity index (χ1n) is 13.0. The third-order valence-corrected chi connectivity index (χ3v) is 8.21. The van der Waals surface area contributed by atoms with Gasteiger partial charge in [-0.05, 0) is 48.7 Å². The summed E-state index contributed by atoms with van der Waals surface area (Å²) >= 11 is 0. The molecule has 39 heavy (non-hydrogen) atoms. The fraction of sp³-hybridized carbons (Fsp3) is 0.290. The number of halogens is 1. The first-order valence-corrected chi connectivity index (χ1v) is 13.0. The van der Waals surface area contributed by atoms with Gasteiger partial charge in [0.2, 0.25) is 5.91 Å². The molecule has 2 atom stereocenters. The van der Waals surface area contributed by atoms with E-state index in [2.05, 4.69) is 4.98 Å². The zero-order chi connectivity index (χ0) is 27.3. The molecule has 6 rings (SSSR count). The Bertz CT molecular complexity index is 1580. The van der Waals surface area contributed by atoms with Crippen molar-refractivity contribution in [2.45, 2.75) is 24.8 Å². The van der Waals surface area contributed by atoms with E-state index in [-0.39, 0.29) is 30.1 Å². The molecule has 2 aliphatic heterocycles. The highest BCUT2D eigenvalue weighted by atomic mass is 19.1. The van der Waals surface area contributed by atoms with Crippen molar-refractivity contribution >= 4 is 22.7 Å². The van der Waals surface area contributed by atoms with Crippen LogP contribution in [-0.4, -0.2) is 60.5 Å². The van der Waals surface area contributed by atoms with E-state index in [0.717, 1.165) is 33.3 Å². The number of piperazine rings is 1. The minimum absolute atomic E-state index is 0.00680. The molecule has 0 saturated carbocycles. The first kappa shape index (κ1) is 25.0. The van der Waals surface area contributed by atoms with Crippen molar-refractivity contribution in [1.82, 2.24) is 14.8 Å². The average Bonchev–Trinajstić information content (AvgIpc) is 3.35. The molecule has 200 valence electrons. The molecule has 1 N–H and O–H groups in total. The molecular formula is C31H30FN3O4. The molecule has 7 nitrogen and oxygen atoms in total. The Kier molecular flexibility index (Phi) is 6.05. The van der Waals surface area contributed by atoms with Crippen molar-refractivity contribution in [1.29, 1.82) is 0 Å². The minimum Gasteiger partial charge on any atom is -0.493 e. The van der Waals surface area contributed by atoms with Crippen molar-refractivity contribution in [3.63, 3.8) is 0 Å². The van der Waals surface area contributed by atoms with Gasteiger partial charge in [-0.1, -0.05) is 42.5 Å². The number of fused-ring (bicyclic) bond motifs is 5. The molecule has 8 heteroatoms. The fourth-order valence-electron chi connectivity index (χ4n) is 6.24. The SMILES string of the molecule is COc1cccc([C@H]2CN3C(=O)CN(CCc4ccc(F)cc4)C(=O)[C@]3(C)c3[nH]c4ccccc4c32)c1OC. The van der Waals surface area contributed by atoms with Crippen molar-refractivity contribution < 1.29 is 23.5 Å². The number of H-pyrrole nitrogens is 1. The fourth-order valence-corrected chi connectivity index (χ4v) is 6.24. The van der Waals surface area contributed by atoms with Gasteiger partial charge >= 0.3 is 0 Å². The number of aromatic amines is 1. The highest BCUT2D eigenvalue weighted by molar-refractivity contribution is 6.01. The number of hydrogen-bond donors (Lipinski definition) is 1. The van der Waals surface area contributed by atoms with E-state index in [9.17, 15) is 14.0 Å². The van der Waals surface area contributed by atoms with Crippen LogP contribution in [0.1, 0.15) is 35.2 Å². The van der Waals surface area contributed by atoms with Gasteiger partial charge in [0.15, 0.2) is 17.0 Å². The molecule has 3 aromatic carbocycles. The molecule has 0 radical (unpaired) electrons. The topological polar surface area (TPSA) is 74.9 Å². The molecule has 2 aliphatic rings. The number of amides is 2. The summed E-state index contributed by atoms with van der Waals surface area (Å²) in [6, 6.07) is 20.0. The van der Waals surface area contributed by atoms with E-state index in [1.807, 2.05) is 49.4 Å². The first-order chi connectivity index (χ1) is 18.9. The Morgan fingerprint density at radius 3 is 2.51 bits per heavy atom. The summed E-state index contributed by atoms with van der Waals surface area (Å²) in [6.45, 7) is 2.52. The van der Waals surface area contributed by atoms with Gasteiger partial charge in [0.25, 0.3) is 5.91 Å². The molecule has 3 heterocycles. The number of methoxy groups -OCH3 is 2. The van der Waals surface area contributed by atoms with Crippen LogP contribution >= 0.6 is 0 Å². The van der Waals surface area contributed by atoms with E-state index < -0.39 is 5.54 Å². The van der Waals surface area contributed by atoms with Crippen LogP contribution in [0.3, 0.4) is 0 Å². The summed E-state index contributed by atoms with van der Waals surface area (Å²) in [4.78, 5) is 34.8. The number of benzene rings is 3. The second-order valence-corrected chi connectivity index (χ2v) is 10.3. The van der Waals surface area contributed by atoms with E-state index in [1.54, 1.807) is 36.2 Å². The van der Waals surface area contributed by atoms with Gasteiger partial charge < -0.3 is 24.3 Å². The number of carbonyl (C=O) groups excluding carboxylic acids is 2. The Hall–Kier alpha value is -4.33. The van der Waals surface area contributed by atoms with E-state index in [1.165, 1.54) is 12.1 Å². The average molecular weight is 528 g/mol. The monoisotopic (exact) mass is 527 g/mol. The van der Waals surface area contributed by atoms with E-state index in [4.69, 9.17) is 9.47 Å². The second-order valence-electron chi connectivity index (χ2n) is 10.3. The Morgan fingerprint density at radius 1 is 1.00 bits per heavy atom. The van der Waals surface area contributed by atoms with Crippen molar-refractivity contribution in [3.05, 3.63) is 94.9 Å². The molecule has 1 fully saturated rings. The molecule has 2 amide bonds. The number of nitrogens with one attached hydrogen (secondary N) is 1. The number of para-hydroxylation sites is 2. The van der Waals surface area contributed by atoms with Gasteiger partial charge in [-0.3, -0.25) is 9.59 Å². The molecule has 0 bridgehead atoms. The smallest absolute Gasteiger partial charge is 0.254 e. The highest BCUT2D eigenvalue weighted by Crippen LogP contribution is 2.50. The lowest BCUT2D eigenvalue weighted by Gasteiger charge is -2.51. The number of carbonyl (C=O) groups is 2. The zero-order valence-corrected chi connectivity index (χ0v) is 22.2. The normalized spacial score (nSPS) is 20.7. The van der Waals surface area contributed by atoms with Crippen LogP contribution < -0.4 is 9.47 Å². The minimum atomic E-state index is -1.20. The maximum absolute atomic E-state index is 14.2. The Labute approximate surface area is 226 Å². The lowest BCUT2D eigenvalue weighted by molar-refractivity contribution is -0.166. The van der Waals surface area contributed by atoms with Gasteiger partial charge in [0, 0.05) is 35.5 Å². The van der Waals surface area contributed by atoms with Gasteiger partial charge in [0.05, 0.1) is 26.5 Å². The van der Waals surface area contributed by atoms with Crippen LogP contribution in [0.25, 0.3) is 10.9 Å². The van der Waals surface area contributed by atoms with Crippen LogP contribution in [0, 0.1) is 5.82 Å². The van der Waals surface area contributed by atoms with Crippen molar-refractivity contribution in [3.8, 4) is 11.5 Å². The summed E-state index contributed by atoms with van der Waals surface area (Å²) in [5, 5.41) is 1.01. The summed E-state index contributed by atoms with van der Waals surface area (Å²) in [5.41, 5.74) is 3.20. The maximum Gasteiger partial charge on any atom is 0.254 e. The lowest BCUT2D eigenvalue weighted by Crippen LogP contribution is -2.67.